The van der Waals surface area contributed by atoms with E-state index >= 15 is 0 Å². The van der Waals surface area contributed by atoms with Gasteiger partial charge in [0.05, 0.1) is 4.92 Å². The van der Waals surface area contributed by atoms with E-state index < -0.39 is 0 Å². The summed E-state index contributed by atoms with van der Waals surface area (Å²) in [6.07, 6.45) is 0. The average molecular weight is 283 g/mol. The highest BCUT2D eigenvalue weighted by Gasteiger charge is 2.08. The van der Waals surface area contributed by atoms with Crippen LogP contribution in [0.25, 0.3) is 0 Å². The van der Waals surface area contributed by atoms with Crippen LogP contribution in [-0.4, -0.2) is 4.92 Å². The first-order valence-electron chi connectivity index (χ1n) is 5.32. The molecule has 0 unspecified atom stereocenters. The highest BCUT2D eigenvalue weighted by Crippen LogP contribution is 2.22. The van der Waals surface area contributed by atoms with Crippen molar-refractivity contribution in [2.24, 2.45) is 0 Å². The maximum absolute atomic E-state index is 10.5. The van der Waals surface area contributed by atoms with Crippen LogP contribution in [0.3, 0.4) is 0 Å². The molecule has 0 aliphatic carbocycles. The van der Waals surface area contributed by atoms with Crippen molar-refractivity contribution < 1.29 is 4.92 Å². The number of nitro groups is 1. The molecule has 0 aliphatic heterocycles. The molecule has 0 spiro atoms. The van der Waals surface area contributed by atoms with Crippen LogP contribution in [-0.2, 0) is 13.1 Å². The Bertz CT molecular complexity index is 539. The van der Waals surface area contributed by atoms with E-state index in [0.717, 1.165) is 22.5 Å². The minimum absolute atomic E-state index is 0.179. The van der Waals surface area contributed by atoms with E-state index in [1.807, 2.05) is 24.3 Å². The first kappa shape index (κ1) is 13.0. The van der Waals surface area contributed by atoms with Crippen LogP contribution in [0.1, 0.15) is 11.1 Å². The third kappa shape index (κ3) is 3.53. The van der Waals surface area contributed by atoms with Crippen molar-refractivity contribution in [1.29, 1.82) is 0 Å². The van der Waals surface area contributed by atoms with E-state index in [9.17, 15) is 10.1 Å². The SMILES string of the molecule is O=[N+]([O-])c1cc(CNCc2ccc(Cl)cc2)cs1. The monoisotopic (exact) mass is 282 g/mol. The Morgan fingerprint density at radius 1 is 1.22 bits per heavy atom. The Morgan fingerprint density at radius 2 is 1.89 bits per heavy atom. The van der Waals surface area contributed by atoms with Gasteiger partial charge >= 0.3 is 5.00 Å². The first-order valence-corrected chi connectivity index (χ1v) is 6.58. The zero-order valence-corrected chi connectivity index (χ0v) is 11.0. The van der Waals surface area contributed by atoms with Crippen LogP contribution in [0.15, 0.2) is 35.7 Å². The largest absolute Gasteiger partial charge is 0.324 e. The Labute approximate surface area is 113 Å². The summed E-state index contributed by atoms with van der Waals surface area (Å²) in [6, 6.07) is 9.18. The summed E-state index contributed by atoms with van der Waals surface area (Å²) in [6.45, 7) is 1.33. The van der Waals surface area contributed by atoms with Gasteiger partial charge in [0.2, 0.25) is 0 Å². The van der Waals surface area contributed by atoms with E-state index in [-0.39, 0.29) is 9.92 Å². The molecule has 1 aromatic heterocycles. The maximum atomic E-state index is 10.5. The summed E-state index contributed by atoms with van der Waals surface area (Å²) in [5.41, 5.74) is 2.06. The number of benzene rings is 1. The van der Waals surface area contributed by atoms with Gasteiger partial charge in [-0.2, -0.15) is 0 Å². The highest BCUT2D eigenvalue weighted by molar-refractivity contribution is 7.13. The Balaban J connectivity index is 1.84. The van der Waals surface area contributed by atoms with Gasteiger partial charge in [0, 0.05) is 29.6 Å². The molecule has 0 bridgehead atoms. The Kier molecular flexibility index (Phi) is 4.30. The molecule has 94 valence electrons. The van der Waals surface area contributed by atoms with Gasteiger partial charge in [0.1, 0.15) is 0 Å². The second-order valence-corrected chi connectivity index (χ2v) is 5.11. The lowest BCUT2D eigenvalue weighted by Gasteiger charge is -2.03. The van der Waals surface area contributed by atoms with Gasteiger partial charge in [-0.05, 0) is 23.3 Å². The van der Waals surface area contributed by atoms with Gasteiger partial charge in [-0.25, -0.2) is 0 Å². The number of nitrogens with one attached hydrogen (secondary N) is 1. The molecule has 2 rings (SSSR count). The van der Waals surface area contributed by atoms with E-state index in [0.29, 0.717) is 18.1 Å². The van der Waals surface area contributed by atoms with Crippen LogP contribution < -0.4 is 5.32 Å². The zero-order chi connectivity index (χ0) is 13.0. The molecule has 0 atom stereocenters. The van der Waals surface area contributed by atoms with Crippen molar-refractivity contribution in [3.8, 4) is 0 Å². The van der Waals surface area contributed by atoms with Crippen molar-refractivity contribution in [2.45, 2.75) is 13.1 Å². The van der Waals surface area contributed by atoms with Gasteiger partial charge in [-0.3, -0.25) is 10.1 Å². The lowest BCUT2D eigenvalue weighted by atomic mass is 10.2. The minimum Gasteiger partial charge on any atom is -0.309 e. The van der Waals surface area contributed by atoms with Crippen LogP contribution in [0.4, 0.5) is 5.00 Å². The lowest BCUT2D eigenvalue weighted by Crippen LogP contribution is -2.11. The Hall–Kier alpha value is -1.43. The number of hydrogen-bond donors (Lipinski definition) is 1. The van der Waals surface area contributed by atoms with Gasteiger partial charge in [-0.1, -0.05) is 35.1 Å². The third-order valence-corrected chi connectivity index (χ3v) is 3.57. The number of rotatable bonds is 5. The molecule has 6 heteroatoms. The Morgan fingerprint density at radius 3 is 2.50 bits per heavy atom. The predicted molar refractivity (Wildman–Crippen MR) is 73.0 cm³/mol. The molecule has 1 aromatic carbocycles. The standard InChI is InChI=1S/C12H11ClN2O2S/c13-11-3-1-9(2-4-11)6-14-7-10-5-12(15(16)17)18-8-10/h1-5,8,14H,6-7H2. The molecule has 4 nitrogen and oxygen atoms in total. The summed E-state index contributed by atoms with van der Waals surface area (Å²) >= 11 is 6.94. The maximum Gasteiger partial charge on any atom is 0.324 e. The highest BCUT2D eigenvalue weighted by atomic mass is 35.5. The van der Waals surface area contributed by atoms with Crippen LogP contribution in [0, 0.1) is 10.1 Å². The fourth-order valence-corrected chi connectivity index (χ4v) is 2.36. The van der Waals surface area contributed by atoms with E-state index in [4.69, 9.17) is 11.6 Å². The van der Waals surface area contributed by atoms with Crippen molar-refractivity contribution in [3.63, 3.8) is 0 Å². The molecular formula is C12H11ClN2O2S. The van der Waals surface area contributed by atoms with Crippen molar-refractivity contribution >= 4 is 27.9 Å². The average Bonchev–Trinajstić information content (AvgIpc) is 2.81. The molecule has 2 aromatic rings. The van der Waals surface area contributed by atoms with E-state index in [1.54, 1.807) is 11.4 Å². The van der Waals surface area contributed by atoms with Gasteiger partial charge in [0.15, 0.2) is 0 Å². The molecule has 0 radical (unpaired) electrons. The van der Waals surface area contributed by atoms with E-state index in [1.165, 1.54) is 0 Å². The van der Waals surface area contributed by atoms with E-state index in [2.05, 4.69) is 5.32 Å². The molecular weight excluding hydrogens is 272 g/mol. The summed E-state index contributed by atoms with van der Waals surface area (Å²) in [7, 11) is 0. The van der Waals surface area contributed by atoms with Gasteiger partial charge in [0.25, 0.3) is 0 Å². The predicted octanol–water partition coefficient (Wildman–Crippen LogP) is 3.60. The zero-order valence-electron chi connectivity index (χ0n) is 9.43. The summed E-state index contributed by atoms with van der Waals surface area (Å²) in [5.74, 6) is 0. The minimum atomic E-state index is -0.368. The molecule has 0 fully saturated rings. The van der Waals surface area contributed by atoms with Crippen molar-refractivity contribution in [2.75, 3.05) is 0 Å². The summed E-state index contributed by atoms with van der Waals surface area (Å²) in [4.78, 5) is 10.2. The number of halogens is 1. The first-order chi connectivity index (χ1) is 8.65. The van der Waals surface area contributed by atoms with Crippen molar-refractivity contribution in [3.05, 3.63) is 62.0 Å². The van der Waals surface area contributed by atoms with Crippen LogP contribution in [0.2, 0.25) is 5.02 Å². The quantitative estimate of drug-likeness (QED) is 0.673. The van der Waals surface area contributed by atoms with Gasteiger partial charge < -0.3 is 5.32 Å². The second kappa shape index (κ2) is 5.95. The number of hydrogen-bond acceptors (Lipinski definition) is 4. The number of nitrogens with zero attached hydrogens (tertiary/aromatic N) is 1. The summed E-state index contributed by atoms with van der Waals surface area (Å²) < 4.78 is 0. The lowest BCUT2D eigenvalue weighted by molar-refractivity contribution is -0.380. The fourth-order valence-electron chi connectivity index (χ4n) is 1.50. The smallest absolute Gasteiger partial charge is 0.309 e. The van der Waals surface area contributed by atoms with Crippen LogP contribution in [0.5, 0.6) is 0 Å². The second-order valence-electron chi connectivity index (χ2n) is 3.78. The van der Waals surface area contributed by atoms with Crippen molar-refractivity contribution in [1.82, 2.24) is 5.32 Å². The molecule has 1 N–H and O–H groups in total. The topological polar surface area (TPSA) is 55.2 Å². The fraction of sp³-hybridized carbons (Fsp3) is 0.167. The molecule has 0 aliphatic rings. The molecule has 1 heterocycles. The molecule has 0 saturated heterocycles. The molecule has 0 amide bonds. The normalized spacial score (nSPS) is 10.5. The van der Waals surface area contributed by atoms with Crippen LogP contribution >= 0.6 is 22.9 Å². The molecule has 0 saturated carbocycles. The van der Waals surface area contributed by atoms with Gasteiger partial charge in [-0.15, -0.1) is 0 Å². The molecule has 18 heavy (non-hydrogen) atoms. The number of thiophene rings is 1. The summed E-state index contributed by atoms with van der Waals surface area (Å²) in [5, 5.41) is 16.4. The third-order valence-electron chi connectivity index (χ3n) is 2.39.